The first-order chi connectivity index (χ1) is 11.7. The molecule has 1 saturated heterocycles. The Labute approximate surface area is 144 Å². The van der Waals surface area contributed by atoms with Gasteiger partial charge in [-0.3, -0.25) is 4.79 Å². The van der Waals surface area contributed by atoms with Crippen LogP contribution in [0.2, 0.25) is 0 Å². The van der Waals surface area contributed by atoms with E-state index in [-0.39, 0.29) is 11.9 Å². The molecule has 0 aromatic heterocycles. The third kappa shape index (κ3) is 4.15. The van der Waals surface area contributed by atoms with Gasteiger partial charge < -0.3 is 15.1 Å². The molecule has 4 nitrogen and oxygen atoms in total. The molecule has 0 bridgehead atoms. The maximum atomic E-state index is 12.4. The highest BCUT2D eigenvalue weighted by molar-refractivity contribution is 5.78. The van der Waals surface area contributed by atoms with Gasteiger partial charge in [-0.1, -0.05) is 48.5 Å². The maximum absolute atomic E-state index is 12.4. The van der Waals surface area contributed by atoms with Gasteiger partial charge in [0.2, 0.25) is 5.91 Å². The summed E-state index contributed by atoms with van der Waals surface area (Å²) in [6, 6.07) is 20.8. The van der Waals surface area contributed by atoms with Crippen molar-refractivity contribution in [1.29, 1.82) is 0 Å². The summed E-state index contributed by atoms with van der Waals surface area (Å²) < 4.78 is 0. The van der Waals surface area contributed by atoms with Crippen LogP contribution >= 0.6 is 0 Å². The average molecular weight is 323 g/mol. The van der Waals surface area contributed by atoms with E-state index in [1.165, 1.54) is 11.3 Å². The molecular weight excluding hydrogens is 298 g/mol. The average Bonchev–Trinajstić information content (AvgIpc) is 2.67. The van der Waals surface area contributed by atoms with Gasteiger partial charge in [0, 0.05) is 37.9 Å². The fourth-order valence-corrected chi connectivity index (χ4v) is 3.06. The van der Waals surface area contributed by atoms with Crippen LogP contribution in [-0.2, 0) is 4.79 Å². The van der Waals surface area contributed by atoms with Gasteiger partial charge in [-0.25, -0.2) is 0 Å². The molecule has 1 fully saturated rings. The molecule has 126 valence electrons. The van der Waals surface area contributed by atoms with Gasteiger partial charge >= 0.3 is 0 Å². The molecule has 1 aliphatic heterocycles. The molecule has 2 aromatic carbocycles. The SMILES string of the molecule is CC(NCC(=O)N1CCN(c2ccccc2)CC1)c1ccccc1. The zero-order chi connectivity index (χ0) is 16.8. The summed E-state index contributed by atoms with van der Waals surface area (Å²) in [5.41, 5.74) is 2.44. The molecule has 24 heavy (non-hydrogen) atoms. The van der Waals surface area contributed by atoms with Crippen molar-refractivity contribution in [2.75, 3.05) is 37.6 Å². The number of para-hydroxylation sites is 1. The molecule has 1 heterocycles. The lowest BCUT2D eigenvalue weighted by Crippen LogP contribution is -2.51. The number of piperazine rings is 1. The van der Waals surface area contributed by atoms with Crippen LogP contribution in [0.3, 0.4) is 0 Å². The quantitative estimate of drug-likeness (QED) is 0.919. The summed E-state index contributed by atoms with van der Waals surface area (Å²) >= 11 is 0. The van der Waals surface area contributed by atoms with E-state index in [0.717, 1.165) is 26.2 Å². The van der Waals surface area contributed by atoms with Crippen LogP contribution in [0, 0.1) is 0 Å². The summed E-state index contributed by atoms with van der Waals surface area (Å²) in [5, 5.41) is 3.33. The smallest absolute Gasteiger partial charge is 0.236 e. The number of carbonyl (C=O) groups excluding carboxylic acids is 1. The van der Waals surface area contributed by atoms with Gasteiger partial charge in [-0.15, -0.1) is 0 Å². The molecular formula is C20H25N3O. The van der Waals surface area contributed by atoms with Crippen LogP contribution < -0.4 is 10.2 Å². The number of anilines is 1. The molecule has 0 spiro atoms. The van der Waals surface area contributed by atoms with Crippen LogP contribution in [0.4, 0.5) is 5.69 Å². The Morgan fingerprint density at radius 1 is 0.958 bits per heavy atom. The Kier molecular flexibility index (Phi) is 5.49. The highest BCUT2D eigenvalue weighted by Gasteiger charge is 2.21. The van der Waals surface area contributed by atoms with Crippen molar-refractivity contribution in [1.82, 2.24) is 10.2 Å². The minimum absolute atomic E-state index is 0.181. The van der Waals surface area contributed by atoms with E-state index in [1.807, 2.05) is 29.2 Å². The minimum atomic E-state index is 0.181. The van der Waals surface area contributed by atoms with Crippen molar-refractivity contribution in [3.8, 4) is 0 Å². The zero-order valence-corrected chi connectivity index (χ0v) is 14.2. The van der Waals surface area contributed by atoms with E-state index in [1.54, 1.807) is 0 Å². The number of benzene rings is 2. The highest BCUT2D eigenvalue weighted by atomic mass is 16.2. The van der Waals surface area contributed by atoms with Gasteiger partial charge in [-0.2, -0.15) is 0 Å². The zero-order valence-electron chi connectivity index (χ0n) is 14.2. The normalized spacial score (nSPS) is 16.0. The molecule has 1 aliphatic rings. The first-order valence-electron chi connectivity index (χ1n) is 8.60. The van der Waals surface area contributed by atoms with Crippen LogP contribution in [-0.4, -0.2) is 43.5 Å². The number of hydrogen-bond acceptors (Lipinski definition) is 3. The Morgan fingerprint density at radius 2 is 1.54 bits per heavy atom. The second-order valence-corrected chi connectivity index (χ2v) is 6.22. The molecule has 1 atom stereocenters. The standard InChI is InChI=1S/C20H25N3O/c1-17(18-8-4-2-5-9-18)21-16-20(24)23-14-12-22(13-15-23)19-10-6-3-7-11-19/h2-11,17,21H,12-16H2,1H3. The summed E-state index contributed by atoms with van der Waals surface area (Å²) in [5.74, 6) is 0.186. The van der Waals surface area contributed by atoms with E-state index in [9.17, 15) is 4.79 Å². The summed E-state index contributed by atoms with van der Waals surface area (Å²) in [6.07, 6.45) is 0. The lowest BCUT2D eigenvalue weighted by molar-refractivity contribution is -0.130. The fourth-order valence-electron chi connectivity index (χ4n) is 3.06. The first-order valence-corrected chi connectivity index (χ1v) is 8.60. The molecule has 4 heteroatoms. The van der Waals surface area contributed by atoms with E-state index in [4.69, 9.17) is 0 Å². The summed E-state index contributed by atoms with van der Waals surface area (Å²) in [4.78, 5) is 16.7. The van der Waals surface area contributed by atoms with Crippen molar-refractivity contribution in [2.24, 2.45) is 0 Å². The topological polar surface area (TPSA) is 35.6 Å². The van der Waals surface area contributed by atoms with Crippen molar-refractivity contribution in [3.63, 3.8) is 0 Å². The van der Waals surface area contributed by atoms with Crippen molar-refractivity contribution in [3.05, 3.63) is 66.2 Å². The van der Waals surface area contributed by atoms with Gasteiger partial charge in [-0.05, 0) is 24.6 Å². The molecule has 3 rings (SSSR count). The number of hydrogen-bond donors (Lipinski definition) is 1. The monoisotopic (exact) mass is 323 g/mol. The highest BCUT2D eigenvalue weighted by Crippen LogP contribution is 2.16. The molecule has 2 aromatic rings. The molecule has 1 N–H and O–H groups in total. The Morgan fingerprint density at radius 3 is 2.17 bits per heavy atom. The summed E-state index contributed by atoms with van der Waals surface area (Å²) in [7, 11) is 0. The Bertz CT molecular complexity index is 636. The van der Waals surface area contributed by atoms with E-state index in [0.29, 0.717) is 6.54 Å². The number of carbonyl (C=O) groups is 1. The number of nitrogens with zero attached hydrogens (tertiary/aromatic N) is 2. The summed E-state index contributed by atoms with van der Waals surface area (Å²) in [6.45, 7) is 5.84. The maximum Gasteiger partial charge on any atom is 0.236 e. The predicted molar refractivity (Wildman–Crippen MR) is 98.1 cm³/mol. The molecule has 0 radical (unpaired) electrons. The second-order valence-electron chi connectivity index (χ2n) is 6.22. The molecule has 1 unspecified atom stereocenters. The van der Waals surface area contributed by atoms with Crippen molar-refractivity contribution >= 4 is 11.6 Å². The van der Waals surface area contributed by atoms with E-state index < -0.39 is 0 Å². The van der Waals surface area contributed by atoms with Crippen molar-refractivity contribution < 1.29 is 4.79 Å². The van der Waals surface area contributed by atoms with Crippen LogP contribution in [0.15, 0.2) is 60.7 Å². The Balaban J connectivity index is 1.45. The molecule has 1 amide bonds. The fraction of sp³-hybridized carbons (Fsp3) is 0.350. The van der Waals surface area contributed by atoms with Gasteiger partial charge in [0.05, 0.1) is 6.54 Å². The third-order valence-corrected chi connectivity index (χ3v) is 4.61. The lowest BCUT2D eigenvalue weighted by Gasteiger charge is -2.36. The number of nitrogens with one attached hydrogen (secondary N) is 1. The number of rotatable bonds is 5. The minimum Gasteiger partial charge on any atom is -0.368 e. The van der Waals surface area contributed by atoms with Gasteiger partial charge in [0.1, 0.15) is 0 Å². The van der Waals surface area contributed by atoms with Crippen LogP contribution in [0.1, 0.15) is 18.5 Å². The van der Waals surface area contributed by atoms with Crippen LogP contribution in [0.25, 0.3) is 0 Å². The van der Waals surface area contributed by atoms with E-state index >= 15 is 0 Å². The molecule has 0 aliphatic carbocycles. The molecule has 0 saturated carbocycles. The first kappa shape index (κ1) is 16.5. The number of amides is 1. The predicted octanol–water partition coefficient (Wildman–Crippen LogP) is 2.69. The Hall–Kier alpha value is -2.33. The largest absolute Gasteiger partial charge is 0.368 e. The van der Waals surface area contributed by atoms with Gasteiger partial charge in [0.15, 0.2) is 0 Å². The van der Waals surface area contributed by atoms with E-state index in [2.05, 4.69) is 53.5 Å². The third-order valence-electron chi connectivity index (χ3n) is 4.61. The van der Waals surface area contributed by atoms with Crippen molar-refractivity contribution in [2.45, 2.75) is 13.0 Å². The lowest BCUT2D eigenvalue weighted by atomic mass is 10.1. The van der Waals surface area contributed by atoms with Crippen LogP contribution in [0.5, 0.6) is 0 Å². The second kappa shape index (κ2) is 7.97. The van der Waals surface area contributed by atoms with Gasteiger partial charge in [0.25, 0.3) is 0 Å².